The smallest absolute Gasteiger partial charge is 0.258 e. The number of carbonyl (C=O) groups excluding carboxylic acids is 1. The van der Waals surface area contributed by atoms with E-state index in [4.69, 9.17) is 11.6 Å². The van der Waals surface area contributed by atoms with Crippen LogP contribution in [0.4, 0.5) is 5.69 Å². The third-order valence-corrected chi connectivity index (χ3v) is 3.49. The van der Waals surface area contributed by atoms with Crippen molar-refractivity contribution >= 4 is 34.8 Å². The molecule has 3 rings (SSSR count). The fourth-order valence-electron chi connectivity index (χ4n) is 2.30. The van der Waals surface area contributed by atoms with Crippen LogP contribution < -0.4 is 4.90 Å². The summed E-state index contributed by atoms with van der Waals surface area (Å²) in [5.41, 5.74) is 3.55. The molecule has 1 aliphatic rings. The molecule has 2 aromatic rings. The summed E-state index contributed by atoms with van der Waals surface area (Å²) in [5.74, 6) is 0.0150. The van der Waals surface area contributed by atoms with Crippen LogP contribution in [-0.4, -0.2) is 13.0 Å². The van der Waals surface area contributed by atoms with E-state index < -0.39 is 0 Å². The molecular weight excluding hydrogens is 258 g/mol. The molecule has 0 aliphatic carbocycles. The van der Waals surface area contributed by atoms with Gasteiger partial charge in [0.2, 0.25) is 0 Å². The van der Waals surface area contributed by atoms with Crippen LogP contribution in [0.1, 0.15) is 11.1 Å². The van der Waals surface area contributed by atoms with Crippen LogP contribution in [0, 0.1) is 0 Å². The van der Waals surface area contributed by atoms with Crippen LogP contribution in [0.5, 0.6) is 0 Å². The Bertz CT molecular complexity index is 691. The third-order valence-electron chi connectivity index (χ3n) is 3.25. The minimum absolute atomic E-state index is 0.0150. The molecule has 1 aliphatic heterocycles. The Morgan fingerprint density at radius 3 is 2.68 bits per heavy atom. The van der Waals surface area contributed by atoms with Gasteiger partial charge < -0.3 is 4.90 Å². The van der Waals surface area contributed by atoms with Gasteiger partial charge in [-0.05, 0) is 29.8 Å². The summed E-state index contributed by atoms with van der Waals surface area (Å²) in [6.45, 7) is 0. The monoisotopic (exact) mass is 269 g/mol. The molecule has 94 valence electrons. The van der Waals surface area contributed by atoms with Crippen LogP contribution in [0.15, 0.2) is 48.5 Å². The topological polar surface area (TPSA) is 20.3 Å². The van der Waals surface area contributed by atoms with E-state index in [9.17, 15) is 4.79 Å². The highest BCUT2D eigenvalue weighted by atomic mass is 35.5. The highest BCUT2D eigenvalue weighted by Gasteiger charge is 2.28. The first kappa shape index (κ1) is 12.0. The molecule has 1 heterocycles. The van der Waals surface area contributed by atoms with E-state index in [-0.39, 0.29) is 5.91 Å². The second-order valence-corrected chi connectivity index (χ2v) is 4.93. The quantitative estimate of drug-likeness (QED) is 0.720. The number of carbonyl (C=O) groups is 1. The van der Waals surface area contributed by atoms with Gasteiger partial charge in [0.15, 0.2) is 0 Å². The summed E-state index contributed by atoms with van der Waals surface area (Å²) in [4.78, 5) is 13.9. The Labute approximate surface area is 116 Å². The number of fused-ring (bicyclic) bond motifs is 1. The van der Waals surface area contributed by atoms with E-state index in [1.165, 1.54) is 0 Å². The SMILES string of the molecule is CN1C(=O)/C(=C/c2cccc(Cl)c2)c2ccccc21. The second-order valence-electron chi connectivity index (χ2n) is 4.49. The number of rotatable bonds is 1. The zero-order valence-electron chi connectivity index (χ0n) is 10.4. The number of halogens is 1. The normalized spacial score (nSPS) is 16.0. The molecule has 2 aromatic carbocycles. The van der Waals surface area contributed by atoms with E-state index in [0.29, 0.717) is 10.6 Å². The maximum absolute atomic E-state index is 12.3. The van der Waals surface area contributed by atoms with Gasteiger partial charge in [0, 0.05) is 23.2 Å². The van der Waals surface area contributed by atoms with E-state index in [1.807, 2.05) is 54.6 Å². The molecular formula is C16H12ClNO. The Morgan fingerprint density at radius 2 is 1.89 bits per heavy atom. The summed E-state index contributed by atoms with van der Waals surface area (Å²) >= 11 is 5.97. The van der Waals surface area contributed by atoms with Crippen molar-refractivity contribution in [1.82, 2.24) is 0 Å². The van der Waals surface area contributed by atoms with E-state index >= 15 is 0 Å². The highest BCUT2D eigenvalue weighted by Crippen LogP contribution is 2.36. The molecule has 0 N–H and O–H groups in total. The number of para-hydroxylation sites is 1. The predicted octanol–water partition coefficient (Wildman–Crippen LogP) is 3.86. The first-order valence-corrected chi connectivity index (χ1v) is 6.39. The van der Waals surface area contributed by atoms with Crippen LogP contribution in [0.2, 0.25) is 5.02 Å². The summed E-state index contributed by atoms with van der Waals surface area (Å²) < 4.78 is 0. The predicted molar refractivity (Wildman–Crippen MR) is 79.2 cm³/mol. The fourth-order valence-corrected chi connectivity index (χ4v) is 2.50. The molecule has 0 radical (unpaired) electrons. The lowest BCUT2D eigenvalue weighted by Crippen LogP contribution is -2.20. The zero-order valence-corrected chi connectivity index (χ0v) is 11.2. The van der Waals surface area contributed by atoms with E-state index in [2.05, 4.69) is 0 Å². The number of anilines is 1. The molecule has 0 saturated carbocycles. The minimum Gasteiger partial charge on any atom is -0.311 e. The lowest BCUT2D eigenvalue weighted by molar-refractivity contribution is -0.112. The Hall–Kier alpha value is -2.06. The molecule has 2 nitrogen and oxygen atoms in total. The molecule has 3 heteroatoms. The molecule has 0 aromatic heterocycles. The second kappa shape index (κ2) is 4.56. The van der Waals surface area contributed by atoms with Crippen molar-refractivity contribution in [1.29, 1.82) is 0 Å². The Balaban J connectivity index is 2.13. The van der Waals surface area contributed by atoms with Crippen molar-refractivity contribution in [3.05, 3.63) is 64.7 Å². The lowest BCUT2D eigenvalue weighted by atomic mass is 10.0. The zero-order chi connectivity index (χ0) is 13.4. The summed E-state index contributed by atoms with van der Waals surface area (Å²) in [6, 6.07) is 15.3. The van der Waals surface area contributed by atoms with Gasteiger partial charge in [-0.3, -0.25) is 4.79 Å². The maximum atomic E-state index is 12.3. The summed E-state index contributed by atoms with van der Waals surface area (Å²) in [5, 5.41) is 0.668. The minimum atomic E-state index is 0.0150. The van der Waals surface area contributed by atoms with Gasteiger partial charge >= 0.3 is 0 Å². The molecule has 19 heavy (non-hydrogen) atoms. The van der Waals surface area contributed by atoms with E-state index in [0.717, 1.165) is 16.8 Å². The molecule has 0 bridgehead atoms. The van der Waals surface area contributed by atoms with E-state index in [1.54, 1.807) is 11.9 Å². The molecule has 0 saturated heterocycles. The van der Waals surface area contributed by atoms with Crippen molar-refractivity contribution in [3.63, 3.8) is 0 Å². The van der Waals surface area contributed by atoms with Crippen LogP contribution >= 0.6 is 11.6 Å². The number of likely N-dealkylation sites (N-methyl/N-ethyl adjacent to an activating group) is 1. The first-order valence-electron chi connectivity index (χ1n) is 6.01. The fraction of sp³-hybridized carbons (Fsp3) is 0.0625. The first-order chi connectivity index (χ1) is 9.16. The summed E-state index contributed by atoms with van der Waals surface area (Å²) in [7, 11) is 1.79. The van der Waals surface area contributed by atoms with Gasteiger partial charge in [-0.15, -0.1) is 0 Å². The van der Waals surface area contributed by atoms with Crippen molar-refractivity contribution in [2.45, 2.75) is 0 Å². The standard InChI is InChI=1S/C16H12ClNO/c1-18-15-8-3-2-7-13(15)14(16(18)19)10-11-5-4-6-12(17)9-11/h2-10H,1H3/b14-10+. The van der Waals surface area contributed by atoms with Gasteiger partial charge in [0.25, 0.3) is 5.91 Å². The lowest BCUT2D eigenvalue weighted by Gasteiger charge is -2.07. The largest absolute Gasteiger partial charge is 0.311 e. The van der Waals surface area contributed by atoms with Crippen molar-refractivity contribution in [2.24, 2.45) is 0 Å². The summed E-state index contributed by atoms with van der Waals surface area (Å²) in [6.07, 6.45) is 1.89. The molecule has 1 amide bonds. The third kappa shape index (κ3) is 2.04. The van der Waals surface area contributed by atoms with Gasteiger partial charge in [0.05, 0.1) is 5.69 Å². The molecule has 0 fully saturated rings. The molecule has 0 spiro atoms. The van der Waals surface area contributed by atoms with Gasteiger partial charge in [-0.25, -0.2) is 0 Å². The number of hydrogen-bond acceptors (Lipinski definition) is 1. The van der Waals surface area contributed by atoms with Crippen LogP contribution in [-0.2, 0) is 4.79 Å². The Morgan fingerprint density at radius 1 is 1.11 bits per heavy atom. The average Bonchev–Trinajstić information content (AvgIpc) is 2.65. The van der Waals surface area contributed by atoms with Gasteiger partial charge in [-0.2, -0.15) is 0 Å². The molecule has 0 unspecified atom stereocenters. The van der Waals surface area contributed by atoms with Crippen molar-refractivity contribution in [3.8, 4) is 0 Å². The van der Waals surface area contributed by atoms with Crippen molar-refractivity contribution < 1.29 is 4.79 Å². The number of hydrogen-bond donors (Lipinski definition) is 0. The number of nitrogens with zero attached hydrogens (tertiary/aromatic N) is 1. The number of benzene rings is 2. The molecule has 0 atom stereocenters. The van der Waals surface area contributed by atoms with Crippen LogP contribution in [0.3, 0.4) is 0 Å². The number of amides is 1. The maximum Gasteiger partial charge on any atom is 0.258 e. The average molecular weight is 270 g/mol. The van der Waals surface area contributed by atoms with Gasteiger partial charge in [0.1, 0.15) is 0 Å². The van der Waals surface area contributed by atoms with Crippen molar-refractivity contribution in [2.75, 3.05) is 11.9 Å². The van der Waals surface area contributed by atoms with Gasteiger partial charge in [-0.1, -0.05) is 41.9 Å². The Kier molecular flexibility index (Phi) is 2.88. The highest BCUT2D eigenvalue weighted by molar-refractivity contribution is 6.35. The van der Waals surface area contributed by atoms with Crippen LogP contribution in [0.25, 0.3) is 11.6 Å².